The lowest BCUT2D eigenvalue weighted by Gasteiger charge is -2.37. The van der Waals surface area contributed by atoms with Crippen molar-refractivity contribution in [2.45, 2.75) is 70.0 Å². The van der Waals surface area contributed by atoms with Gasteiger partial charge in [0.15, 0.2) is 17.1 Å². The molecule has 3 aliphatic heterocycles. The van der Waals surface area contributed by atoms with E-state index in [4.69, 9.17) is 13.9 Å². The van der Waals surface area contributed by atoms with E-state index in [2.05, 4.69) is 0 Å². The van der Waals surface area contributed by atoms with Gasteiger partial charge in [0.2, 0.25) is 10.0 Å². The number of sulfonamides is 1. The third kappa shape index (κ3) is 3.96. The minimum Gasteiger partial charge on any atom is -0.449 e. The number of fused-ring (bicyclic) bond motifs is 1. The molecule has 1 aromatic heterocycles. The van der Waals surface area contributed by atoms with E-state index in [1.54, 1.807) is 0 Å². The average molecular weight is 491 g/mol. The fourth-order valence-electron chi connectivity index (χ4n) is 5.46. The first kappa shape index (κ1) is 23.8. The van der Waals surface area contributed by atoms with Crippen LogP contribution in [0, 0.1) is 20.8 Å². The van der Waals surface area contributed by atoms with E-state index in [0.29, 0.717) is 68.7 Å². The summed E-state index contributed by atoms with van der Waals surface area (Å²) in [5.74, 6) is -0.551. The summed E-state index contributed by atoms with van der Waals surface area (Å²) in [5, 5.41) is 0.691. The quantitative estimate of drug-likeness (QED) is 0.648. The molecule has 1 amide bonds. The highest BCUT2D eigenvalue weighted by Gasteiger charge is 2.44. The number of benzene rings is 1. The number of rotatable bonds is 3. The van der Waals surface area contributed by atoms with Crippen LogP contribution in [0.2, 0.25) is 0 Å². The number of amides is 1. The van der Waals surface area contributed by atoms with Crippen LogP contribution in [-0.4, -0.2) is 68.7 Å². The van der Waals surface area contributed by atoms with E-state index in [-0.39, 0.29) is 22.1 Å². The molecule has 4 heterocycles. The number of ether oxygens (including phenoxy) is 2. The Bertz CT molecular complexity index is 1190. The van der Waals surface area contributed by atoms with Crippen molar-refractivity contribution in [2.24, 2.45) is 0 Å². The molecule has 0 saturated carbocycles. The van der Waals surface area contributed by atoms with Gasteiger partial charge in [0, 0.05) is 50.0 Å². The van der Waals surface area contributed by atoms with Gasteiger partial charge >= 0.3 is 0 Å². The Kier molecular flexibility index (Phi) is 6.25. The average Bonchev–Trinajstić information content (AvgIpc) is 3.27. The molecule has 5 rings (SSSR count). The van der Waals surface area contributed by atoms with Crippen LogP contribution in [0.1, 0.15) is 65.8 Å². The zero-order valence-corrected chi connectivity index (χ0v) is 21.1. The van der Waals surface area contributed by atoms with Crippen LogP contribution in [0.25, 0.3) is 11.0 Å². The van der Waals surface area contributed by atoms with Crippen LogP contribution < -0.4 is 0 Å². The molecule has 9 heteroatoms. The first-order chi connectivity index (χ1) is 16.2. The van der Waals surface area contributed by atoms with E-state index < -0.39 is 15.8 Å². The summed E-state index contributed by atoms with van der Waals surface area (Å²) >= 11 is 0. The Morgan fingerprint density at radius 3 is 2.15 bits per heavy atom. The van der Waals surface area contributed by atoms with Crippen LogP contribution in [0.4, 0.5) is 0 Å². The van der Waals surface area contributed by atoms with E-state index in [1.807, 2.05) is 31.7 Å². The highest BCUT2D eigenvalue weighted by atomic mass is 32.2. The largest absolute Gasteiger partial charge is 0.449 e. The zero-order chi connectivity index (χ0) is 24.1. The summed E-state index contributed by atoms with van der Waals surface area (Å²) in [6, 6.07) is 1.94. The molecule has 1 aromatic carbocycles. The minimum atomic E-state index is -3.84. The highest BCUT2D eigenvalue weighted by Crippen LogP contribution is 2.39. The maximum Gasteiger partial charge on any atom is 0.289 e. The lowest BCUT2D eigenvalue weighted by molar-refractivity contribution is -0.179. The number of nitrogens with zero attached hydrogens (tertiary/aromatic N) is 2. The predicted octanol–water partition coefficient (Wildman–Crippen LogP) is 3.90. The van der Waals surface area contributed by atoms with Crippen molar-refractivity contribution in [1.29, 1.82) is 0 Å². The van der Waals surface area contributed by atoms with E-state index in [0.717, 1.165) is 31.2 Å². The second kappa shape index (κ2) is 8.93. The number of piperidine rings is 1. The van der Waals surface area contributed by atoms with Crippen molar-refractivity contribution in [3.05, 3.63) is 28.5 Å². The summed E-state index contributed by atoms with van der Waals surface area (Å²) in [4.78, 5) is 15.4. The summed E-state index contributed by atoms with van der Waals surface area (Å²) < 4.78 is 47.0. The normalized spacial score (nSPS) is 21.9. The molecule has 3 fully saturated rings. The number of hydrogen-bond acceptors (Lipinski definition) is 6. The first-order valence-electron chi connectivity index (χ1n) is 12.3. The van der Waals surface area contributed by atoms with Crippen molar-refractivity contribution in [3.63, 3.8) is 0 Å². The number of furan rings is 1. The zero-order valence-electron chi connectivity index (χ0n) is 20.3. The molecule has 3 aliphatic rings. The summed E-state index contributed by atoms with van der Waals surface area (Å²) in [7, 11) is -3.84. The Morgan fingerprint density at radius 2 is 1.53 bits per heavy atom. The van der Waals surface area contributed by atoms with Crippen LogP contribution in [0.3, 0.4) is 0 Å². The van der Waals surface area contributed by atoms with Gasteiger partial charge in [-0.25, -0.2) is 8.42 Å². The van der Waals surface area contributed by atoms with Gasteiger partial charge in [-0.2, -0.15) is 4.31 Å². The lowest BCUT2D eigenvalue weighted by Crippen LogP contribution is -2.47. The third-order valence-electron chi connectivity index (χ3n) is 7.68. The van der Waals surface area contributed by atoms with Crippen molar-refractivity contribution in [1.82, 2.24) is 9.21 Å². The number of carbonyl (C=O) groups is 1. The van der Waals surface area contributed by atoms with Gasteiger partial charge < -0.3 is 18.8 Å². The van der Waals surface area contributed by atoms with Crippen LogP contribution >= 0.6 is 0 Å². The maximum atomic E-state index is 13.9. The maximum absolute atomic E-state index is 13.9. The SMILES string of the molecule is Cc1cc2c(C)c(C(=O)N3CCCCCC3)oc2c(S(=O)(=O)N2CCC3(CC2)OCCO3)c1C. The molecule has 0 N–H and O–H groups in total. The summed E-state index contributed by atoms with van der Waals surface area (Å²) in [5.41, 5.74) is 2.50. The second-order valence-corrected chi connectivity index (χ2v) is 11.7. The molecule has 0 radical (unpaired) electrons. The summed E-state index contributed by atoms with van der Waals surface area (Å²) in [6.07, 6.45) is 5.19. The van der Waals surface area contributed by atoms with E-state index in [1.165, 1.54) is 4.31 Å². The molecule has 186 valence electrons. The molecule has 0 bridgehead atoms. The van der Waals surface area contributed by atoms with Gasteiger partial charge in [0.25, 0.3) is 5.91 Å². The number of carbonyl (C=O) groups excluding carboxylic acids is 1. The van der Waals surface area contributed by atoms with Gasteiger partial charge in [-0.3, -0.25) is 4.79 Å². The molecule has 0 atom stereocenters. The second-order valence-electron chi connectivity index (χ2n) is 9.80. The van der Waals surface area contributed by atoms with Crippen molar-refractivity contribution in [2.75, 3.05) is 39.4 Å². The molecule has 1 spiro atoms. The van der Waals surface area contributed by atoms with Crippen LogP contribution in [0.15, 0.2) is 15.4 Å². The molecule has 0 aliphatic carbocycles. The minimum absolute atomic E-state index is 0.148. The van der Waals surface area contributed by atoms with Gasteiger partial charge in [0.1, 0.15) is 4.90 Å². The number of likely N-dealkylation sites (tertiary alicyclic amines) is 1. The summed E-state index contributed by atoms with van der Waals surface area (Å²) in [6.45, 7) is 8.70. The first-order valence-corrected chi connectivity index (χ1v) is 13.8. The number of aryl methyl sites for hydroxylation is 2. The van der Waals surface area contributed by atoms with Crippen LogP contribution in [0.5, 0.6) is 0 Å². The monoisotopic (exact) mass is 490 g/mol. The molecule has 34 heavy (non-hydrogen) atoms. The number of hydrogen-bond donors (Lipinski definition) is 0. The lowest BCUT2D eigenvalue weighted by atomic mass is 10.0. The molecule has 8 nitrogen and oxygen atoms in total. The molecule has 3 saturated heterocycles. The van der Waals surface area contributed by atoms with Crippen molar-refractivity contribution in [3.8, 4) is 0 Å². The van der Waals surface area contributed by atoms with Gasteiger partial charge in [-0.15, -0.1) is 0 Å². The Labute approximate surface area is 201 Å². The van der Waals surface area contributed by atoms with Gasteiger partial charge in [0.05, 0.1) is 13.2 Å². The molecular weight excluding hydrogens is 456 g/mol. The van der Waals surface area contributed by atoms with Crippen molar-refractivity contribution < 1.29 is 27.1 Å². The molecular formula is C25H34N2O6S. The Balaban J connectivity index is 1.53. The fourth-order valence-corrected chi connectivity index (χ4v) is 7.31. The van der Waals surface area contributed by atoms with Gasteiger partial charge in [-0.1, -0.05) is 12.8 Å². The Hall–Kier alpha value is -1.94. The molecule has 0 unspecified atom stereocenters. The molecule has 2 aromatic rings. The topological polar surface area (TPSA) is 89.3 Å². The highest BCUT2D eigenvalue weighted by molar-refractivity contribution is 7.89. The van der Waals surface area contributed by atoms with Gasteiger partial charge in [-0.05, 0) is 50.8 Å². The smallest absolute Gasteiger partial charge is 0.289 e. The fraction of sp³-hybridized carbons (Fsp3) is 0.640. The van der Waals surface area contributed by atoms with E-state index in [9.17, 15) is 13.2 Å². The van der Waals surface area contributed by atoms with E-state index >= 15 is 0 Å². The standard InChI is InChI=1S/C25H34N2O6S/c1-17-16-20-19(3)21(24(28)26-10-6-4-5-7-11-26)33-22(20)23(18(17)2)34(29,30)27-12-8-25(9-13-27)31-14-15-32-25/h16H,4-15H2,1-3H3. The van der Waals surface area contributed by atoms with Crippen LogP contribution in [-0.2, 0) is 19.5 Å². The Morgan fingerprint density at radius 1 is 0.912 bits per heavy atom. The third-order valence-corrected chi connectivity index (χ3v) is 9.73. The predicted molar refractivity (Wildman–Crippen MR) is 127 cm³/mol. The van der Waals surface area contributed by atoms with Crippen molar-refractivity contribution >= 4 is 26.9 Å².